The van der Waals surface area contributed by atoms with Gasteiger partial charge in [0.25, 0.3) is 0 Å². The molecule has 0 aromatic carbocycles. The molecule has 1 saturated heterocycles. The van der Waals surface area contributed by atoms with Crippen molar-refractivity contribution < 1.29 is 43.7 Å². The van der Waals surface area contributed by atoms with Crippen LogP contribution in [0.15, 0.2) is 46.8 Å². The Kier molecular flexibility index (Phi) is 20.3. The highest BCUT2D eigenvalue weighted by Crippen LogP contribution is 2.25. The van der Waals surface area contributed by atoms with E-state index >= 15 is 0 Å². The van der Waals surface area contributed by atoms with Gasteiger partial charge in [-0.2, -0.15) is 0 Å². The van der Waals surface area contributed by atoms with Gasteiger partial charge in [0, 0.05) is 65.3 Å². The molecule has 4 unspecified atom stereocenters. The van der Waals surface area contributed by atoms with E-state index in [1.165, 1.54) is 26.2 Å². The monoisotopic (exact) mass is 701 g/mol. The van der Waals surface area contributed by atoms with Crippen LogP contribution in [0, 0.1) is 23.7 Å². The second-order valence-corrected chi connectivity index (χ2v) is 12.5. The fourth-order valence-electron chi connectivity index (χ4n) is 5.71. The average molecular weight is 702 g/mol. The van der Waals surface area contributed by atoms with Gasteiger partial charge in [-0.05, 0) is 62.8 Å². The molecule has 0 spiro atoms. The fourth-order valence-corrected chi connectivity index (χ4v) is 5.71. The first kappa shape index (κ1) is 43.7. The van der Waals surface area contributed by atoms with Gasteiger partial charge in [-0.15, -0.1) is 5.92 Å². The molecule has 14 heteroatoms. The minimum Gasteiger partial charge on any atom is -0.439 e. The molecule has 1 aliphatic rings. The largest absolute Gasteiger partial charge is 0.439 e. The first-order chi connectivity index (χ1) is 23.7. The Morgan fingerprint density at radius 2 is 1.72 bits per heavy atom. The summed E-state index contributed by atoms with van der Waals surface area (Å²) in [7, 11) is 1.49. The molecular formula is C36H55N5O9. The number of nitrogens with two attached hydrogens (primary N) is 1. The van der Waals surface area contributed by atoms with Gasteiger partial charge in [-0.1, -0.05) is 25.8 Å². The van der Waals surface area contributed by atoms with Crippen LogP contribution < -0.4 is 16.4 Å². The number of aldehydes is 1. The maximum Gasteiger partial charge on any atom is 0.405 e. The lowest BCUT2D eigenvalue weighted by molar-refractivity contribution is -0.120. The molecule has 1 heterocycles. The normalized spacial score (nSPS) is 18.4. The van der Waals surface area contributed by atoms with Crippen molar-refractivity contribution in [1.82, 2.24) is 20.4 Å². The van der Waals surface area contributed by atoms with Crippen LogP contribution in [0.1, 0.15) is 54.4 Å². The number of nitrogens with zero attached hydrogens (tertiary/aromatic N) is 2. The number of nitrogens with one attached hydrogen (secondary N) is 2. The number of ketones is 1. The molecular weight excluding hydrogens is 646 g/mol. The number of hydrogen-bond donors (Lipinski definition) is 5. The van der Waals surface area contributed by atoms with Crippen molar-refractivity contribution in [2.24, 2.45) is 17.6 Å². The number of carbonyl (C=O) groups excluding carboxylic acids is 5. The average Bonchev–Trinajstić information content (AvgIpc) is 3.06. The van der Waals surface area contributed by atoms with E-state index in [9.17, 15) is 34.2 Å². The first-order valence-corrected chi connectivity index (χ1v) is 16.6. The van der Waals surface area contributed by atoms with Gasteiger partial charge in [-0.3, -0.25) is 24.1 Å². The van der Waals surface area contributed by atoms with Crippen molar-refractivity contribution >= 4 is 30.5 Å². The molecule has 1 rings (SSSR count). The molecule has 3 amide bonds. The van der Waals surface area contributed by atoms with Gasteiger partial charge in [0.05, 0.1) is 23.6 Å². The second-order valence-electron chi connectivity index (χ2n) is 12.5. The van der Waals surface area contributed by atoms with E-state index in [0.29, 0.717) is 75.2 Å². The lowest BCUT2D eigenvalue weighted by Gasteiger charge is -2.32. The van der Waals surface area contributed by atoms with Gasteiger partial charge in [0.2, 0.25) is 18.1 Å². The Morgan fingerprint density at radius 3 is 2.26 bits per heavy atom. The van der Waals surface area contributed by atoms with Crippen LogP contribution in [0.4, 0.5) is 4.79 Å². The molecule has 6 N–H and O–H groups in total. The summed E-state index contributed by atoms with van der Waals surface area (Å²) in [6, 6.07) is 0. The summed E-state index contributed by atoms with van der Waals surface area (Å²) >= 11 is 0. The Hall–Kier alpha value is -4.29. The van der Waals surface area contributed by atoms with Crippen molar-refractivity contribution in [2.75, 3.05) is 46.4 Å². The highest BCUT2D eigenvalue weighted by atomic mass is 16.6. The number of ether oxygens (including phenoxy) is 2. The van der Waals surface area contributed by atoms with Crippen LogP contribution in [0.5, 0.6) is 0 Å². The number of methoxy groups -OCH3 is 1. The van der Waals surface area contributed by atoms with Crippen molar-refractivity contribution in [2.45, 2.75) is 78.8 Å². The molecule has 0 radical (unpaired) electrons. The fraction of sp³-hybridized carbons (Fsp3) is 0.583. The lowest BCUT2D eigenvalue weighted by Crippen LogP contribution is -2.47. The highest BCUT2D eigenvalue weighted by Gasteiger charge is 2.29. The number of hydrogen-bond acceptors (Lipinski definition) is 11. The zero-order valence-electron chi connectivity index (χ0n) is 30.3. The van der Waals surface area contributed by atoms with Gasteiger partial charge in [0.1, 0.15) is 6.10 Å². The van der Waals surface area contributed by atoms with Crippen LogP contribution >= 0.6 is 0 Å². The highest BCUT2D eigenvalue weighted by molar-refractivity contribution is 6.07. The van der Waals surface area contributed by atoms with Crippen molar-refractivity contribution in [3.05, 3.63) is 46.8 Å². The predicted molar refractivity (Wildman–Crippen MR) is 189 cm³/mol. The summed E-state index contributed by atoms with van der Waals surface area (Å²) in [5.74, 6) is 3.85. The van der Waals surface area contributed by atoms with E-state index < -0.39 is 48.1 Å². The zero-order valence-corrected chi connectivity index (χ0v) is 30.3. The quantitative estimate of drug-likeness (QED) is 0.0498. The number of primary amides is 1. The molecule has 0 aromatic rings. The van der Waals surface area contributed by atoms with E-state index in [0.717, 1.165) is 12.5 Å². The second kappa shape index (κ2) is 23.2. The molecule has 1 aliphatic heterocycles. The van der Waals surface area contributed by atoms with E-state index in [-0.39, 0.29) is 11.6 Å². The smallest absolute Gasteiger partial charge is 0.405 e. The summed E-state index contributed by atoms with van der Waals surface area (Å²) in [5.41, 5.74) is 6.57. The molecule has 14 nitrogen and oxygen atoms in total. The summed E-state index contributed by atoms with van der Waals surface area (Å²) in [6.07, 6.45) is 2.75. The standard InChI is InChI=1S/C36H55N5O9/c1-8-9-10-11-30(45)35(50-36(37)48)27(5)20-26(4)34(47)32(49-7)19-24(2)18-25(3)33(31(46)21-29(22-42)39-28(6)44)38-12-13-40-14-16-41(23-43)17-15-40/h10-11,20-24,26,30,32,34-35,38,45,47H,12-19H2,1-7H3,(H2,37,48)(H,39,44)/b11-10-,27-20+,29-21+,33-25-/t24-,26+,30?,32?,34?,35?/m1/s1. The molecule has 0 bridgehead atoms. The third kappa shape index (κ3) is 15.9. The third-order valence-corrected chi connectivity index (χ3v) is 8.25. The van der Waals surface area contributed by atoms with Gasteiger partial charge in [-0.25, -0.2) is 4.79 Å². The van der Waals surface area contributed by atoms with Crippen molar-refractivity contribution in [3.8, 4) is 11.8 Å². The zero-order chi connectivity index (χ0) is 37.8. The Balaban J connectivity index is 3.15. The van der Waals surface area contributed by atoms with Crippen LogP contribution in [0.25, 0.3) is 0 Å². The third-order valence-electron chi connectivity index (χ3n) is 8.25. The van der Waals surface area contributed by atoms with E-state index in [1.54, 1.807) is 31.7 Å². The first-order valence-electron chi connectivity index (χ1n) is 16.6. The number of aliphatic hydroxyl groups is 2. The van der Waals surface area contributed by atoms with Crippen LogP contribution in [0.2, 0.25) is 0 Å². The molecule has 0 aliphatic carbocycles. The Bertz CT molecular complexity index is 1340. The maximum absolute atomic E-state index is 13.4. The number of aliphatic hydroxyl groups excluding tert-OH is 2. The van der Waals surface area contributed by atoms with Crippen molar-refractivity contribution in [3.63, 3.8) is 0 Å². The number of piperazine rings is 1. The SMILES string of the molecule is CC#C/C=C\C(O)C(OC(N)=O)/C(C)=C/[C@H](C)C(O)C(C[C@H](C)C/C(C)=C(\NCCN1CCN(C=O)CC1)C(=O)/C=C(\C=O)NC(C)=O)OC. The van der Waals surface area contributed by atoms with Crippen LogP contribution in [-0.2, 0) is 28.7 Å². The minimum atomic E-state index is -1.22. The number of amides is 3. The van der Waals surface area contributed by atoms with Gasteiger partial charge >= 0.3 is 6.09 Å². The topological polar surface area (TPSA) is 201 Å². The molecule has 0 aromatic heterocycles. The molecule has 6 atom stereocenters. The summed E-state index contributed by atoms with van der Waals surface area (Å²) in [6.45, 7) is 13.8. The maximum atomic E-state index is 13.4. The van der Waals surface area contributed by atoms with Gasteiger partial charge in [0.15, 0.2) is 12.4 Å². The van der Waals surface area contributed by atoms with Gasteiger partial charge < -0.3 is 41.0 Å². The lowest BCUT2D eigenvalue weighted by atomic mass is 9.88. The van der Waals surface area contributed by atoms with E-state index in [2.05, 4.69) is 27.4 Å². The van der Waals surface area contributed by atoms with Crippen molar-refractivity contribution in [1.29, 1.82) is 0 Å². The summed E-state index contributed by atoms with van der Waals surface area (Å²) in [5, 5.41) is 27.4. The minimum absolute atomic E-state index is 0.0738. The van der Waals surface area contributed by atoms with E-state index in [1.807, 2.05) is 13.8 Å². The predicted octanol–water partition coefficient (Wildman–Crippen LogP) is 1.19. The Labute approximate surface area is 295 Å². The molecule has 50 heavy (non-hydrogen) atoms. The molecule has 278 valence electrons. The number of allylic oxidation sites excluding steroid dienone is 4. The van der Waals surface area contributed by atoms with E-state index in [4.69, 9.17) is 15.2 Å². The number of rotatable bonds is 21. The summed E-state index contributed by atoms with van der Waals surface area (Å²) in [4.78, 5) is 62.9. The van der Waals surface area contributed by atoms with Crippen LogP contribution in [-0.4, -0.2) is 121 Å². The molecule has 0 saturated carbocycles. The number of carbonyl (C=O) groups is 5. The Morgan fingerprint density at radius 1 is 1.06 bits per heavy atom. The van der Waals surface area contributed by atoms with Crippen LogP contribution in [0.3, 0.4) is 0 Å². The molecule has 1 fully saturated rings. The summed E-state index contributed by atoms with van der Waals surface area (Å²) < 4.78 is 10.8.